The number of methoxy groups -OCH3 is 6. The van der Waals surface area contributed by atoms with Crippen molar-refractivity contribution in [1.29, 1.82) is 0 Å². The zero-order valence-electron chi connectivity index (χ0n) is 30.1. The minimum absolute atomic E-state index is 0.0566. The van der Waals surface area contributed by atoms with Crippen LogP contribution >= 0.6 is 11.6 Å². The largest absolute Gasteiger partial charge is 0.493 e. The van der Waals surface area contributed by atoms with E-state index in [1.807, 2.05) is 0 Å². The molecule has 0 fully saturated rings. The van der Waals surface area contributed by atoms with E-state index in [-0.39, 0.29) is 39.8 Å². The molecule has 0 saturated heterocycles. The van der Waals surface area contributed by atoms with Gasteiger partial charge in [-0.25, -0.2) is 38.5 Å². The average molecular weight is 777 g/mol. The Hall–Kier alpha value is -7.21. The molecule has 0 aliphatic rings. The standard InChI is InChI=1S/C18H16ClN3O6.C18H17N3O6/c1-26-13-8-10(9-14(27-2)15(13)28-3)16(23)22-18(25)21(17(24)20-22)12-6-4-11(19)5-7-12;1-25-13-9-11(10-14(26-2)15(13)27-3)16(22)21-18(24)20(17(23)19-21)12-7-5-4-6-8-12/h4-9H,1-3H3,(H,20,24);4-10H,1-3H3,(H,19,23). The summed E-state index contributed by atoms with van der Waals surface area (Å²) in [6, 6.07) is 19.9. The minimum Gasteiger partial charge on any atom is -0.493 e. The molecule has 2 aromatic heterocycles. The predicted octanol–water partition coefficient (Wildman–Crippen LogP) is 2.74. The van der Waals surface area contributed by atoms with Crippen LogP contribution in [0, 0.1) is 0 Å². The molecular weight excluding hydrogens is 744 g/mol. The topological polar surface area (TPSA) is 209 Å². The van der Waals surface area contributed by atoms with Crippen molar-refractivity contribution < 1.29 is 38.0 Å². The Bertz CT molecular complexity index is 2550. The number of ether oxygens (including phenoxy) is 6. The van der Waals surface area contributed by atoms with Crippen molar-refractivity contribution in [2.75, 3.05) is 42.7 Å². The van der Waals surface area contributed by atoms with Crippen molar-refractivity contribution in [3.05, 3.63) is 137 Å². The highest BCUT2D eigenvalue weighted by atomic mass is 35.5. The lowest BCUT2D eigenvalue weighted by atomic mass is 10.1. The Morgan fingerprint density at radius 1 is 0.509 bits per heavy atom. The third-order valence-corrected chi connectivity index (χ3v) is 8.17. The summed E-state index contributed by atoms with van der Waals surface area (Å²) in [4.78, 5) is 75.5. The molecule has 0 amide bonds. The lowest BCUT2D eigenvalue weighted by Crippen LogP contribution is -2.30. The molecule has 0 unspecified atom stereocenters. The first-order chi connectivity index (χ1) is 26.4. The summed E-state index contributed by atoms with van der Waals surface area (Å²) in [6.07, 6.45) is 0. The average Bonchev–Trinajstić information content (AvgIpc) is 3.68. The normalized spacial score (nSPS) is 10.5. The van der Waals surface area contributed by atoms with Crippen LogP contribution in [0.25, 0.3) is 11.4 Å². The summed E-state index contributed by atoms with van der Waals surface area (Å²) < 4.78 is 34.2. The lowest BCUT2D eigenvalue weighted by molar-refractivity contribution is 0.0931. The van der Waals surface area contributed by atoms with Gasteiger partial charge < -0.3 is 28.4 Å². The summed E-state index contributed by atoms with van der Waals surface area (Å²) in [5, 5.41) is 4.95. The fraction of sp³-hybridized carbons (Fsp3) is 0.167. The van der Waals surface area contributed by atoms with Gasteiger partial charge in [-0.1, -0.05) is 29.8 Å². The molecule has 19 heteroatoms. The van der Waals surface area contributed by atoms with Gasteiger partial charge in [0.2, 0.25) is 11.5 Å². The van der Waals surface area contributed by atoms with Crippen LogP contribution in [0.4, 0.5) is 0 Å². The second kappa shape index (κ2) is 16.6. The SMILES string of the molecule is COc1cc(C(=O)n2[nH]c(=O)n(-c3ccc(Cl)cc3)c2=O)cc(OC)c1OC.COc1cc(C(=O)n2[nH]c(=O)n(-c3ccccc3)c2=O)cc(OC)c1OC. The fourth-order valence-corrected chi connectivity index (χ4v) is 5.45. The molecule has 2 N–H and O–H groups in total. The van der Waals surface area contributed by atoms with Crippen LogP contribution in [0.2, 0.25) is 5.02 Å². The van der Waals surface area contributed by atoms with E-state index in [4.69, 9.17) is 40.0 Å². The number of rotatable bonds is 10. The number of hydrogen-bond donors (Lipinski definition) is 2. The highest BCUT2D eigenvalue weighted by Gasteiger charge is 2.24. The van der Waals surface area contributed by atoms with E-state index < -0.39 is 34.6 Å². The summed E-state index contributed by atoms with van der Waals surface area (Å²) in [5.74, 6) is 0.0482. The number of nitrogens with zero attached hydrogens (tertiary/aromatic N) is 4. The Labute approximate surface area is 315 Å². The van der Waals surface area contributed by atoms with Crippen molar-refractivity contribution >= 4 is 23.4 Å². The minimum atomic E-state index is -0.855. The van der Waals surface area contributed by atoms with Crippen molar-refractivity contribution in [1.82, 2.24) is 28.7 Å². The second-order valence-electron chi connectivity index (χ2n) is 11.0. The molecule has 6 rings (SSSR count). The quantitative estimate of drug-likeness (QED) is 0.206. The first kappa shape index (κ1) is 39.0. The summed E-state index contributed by atoms with van der Waals surface area (Å²) >= 11 is 5.83. The van der Waals surface area contributed by atoms with Gasteiger partial charge in [-0.15, -0.1) is 0 Å². The Morgan fingerprint density at radius 2 is 0.855 bits per heavy atom. The van der Waals surface area contributed by atoms with Gasteiger partial charge in [0.15, 0.2) is 23.0 Å². The van der Waals surface area contributed by atoms with Gasteiger partial charge >= 0.3 is 22.8 Å². The fourth-order valence-electron chi connectivity index (χ4n) is 5.33. The molecule has 6 aromatic rings. The molecule has 0 aliphatic heterocycles. The summed E-state index contributed by atoms with van der Waals surface area (Å²) in [5.41, 5.74) is -2.42. The van der Waals surface area contributed by atoms with Crippen LogP contribution < -0.4 is 51.2 Å². The number of carbonyl (C=O) groups excluding carboxylic acids is 2. The van der Waals surface area contributed by atoms with E-state index >= 15 is 0 Å². The van der Waals surface area contributed by atoms with Crippen molar-refractivity contribution in [3.8, 4) is 45.9 Å². The van der Waals surface area contributed by atoms with Crippen LogP contribution in [0.1, 0.15) is 20.7 Å². The number of hydrogen-bond acceptors (Lipinski definition) is 12. The number of para-hydroxylation sites is 1. The Kier molecular flexibility index (Phi) is 11.8. The molecule has 55 heavy (non-hydrogen) atoms. The second-order valence-corrected chi connectivity index (χ2v) is 11.4. The van der Waals surface area contributed by atoms with E-state index in [9.17, 15) is 28.8 Å². The first-order valence-corrected chi connectivity index (χ1v) is 16.2. The van der Waals surface area contributed by atoms with Crippen molar-refractivity contribution in [3.63, 3.8) is 0 Å². The third kappa shape index (κ3) is 7.65. The zero-order chi connectivity index (χ0) is 40.0. The third-order valence-electron chi connectivity index (χ3n) is 7.91. The molecule has 0 radical (unpaired) electrons. The van der Waals surface area contributed by atoms with Crippen molar-refractivity contribution in [2.24, 2.45) is 0 Å². The number of H-pyrrole nitrogens is 2. The molecule has 18 nitrogen and oxygen atoms in total. The van der Waals surface area contributed by atoms with E-state index in [1.54, 1.807) is 30.3 Å². The van der Waals surface area contributed by atoms with Crippen LogP contribution in [-0.2, 0) is 0 Å². The first-order valence-electron chi connectivity index (χ1n) is 15.8. The summed E-state index contributed by atoms with van der Waals surface area (Å²) in [7, 11) is 8.48. The van der Waals surface area contributed by atoms with Gasteiger partial charge in [-0.05, 0) is 60.7 Å². The number of halogens is 1. The number of carbonyl (C=O) groups is 2. The highest BCUT2D eigenvalue weighted by molar-refractivity contribution is 6.30. The monoisotopic (exact) mass is 776 g/mol. The van der Waals surface area contributed by atoms with Crippen LogP contribution in [-0.4, -0.2) is 83.2 Å². The van der Waals surface area contributed by atoms with Gasteiger partial charge in [0.1, 0.15) is 0 Å². The van der Waals surface area contributed by atoms with Gasteiger partial charge in [0.05, 0.1) is 54.0 Å². The molecule has 0 spiro atoms. The number of aromatic nitrogens is 6. The van der Waals surface area contributed by atoms with Crippen LogP contribution in [0.5, 0.6) is 34.5 Å². The molecular formula is C36H33ClN6O12. The maximum absolute atomic E-state index is 12.9. The van der Waals surface area contributed by atoms with E-state index in [0.717, 1.165) is 9.13 Å². The molecule has 0 atom stereocenters. The maximum atomic E-state index is 12.9. The van der Waals surface area contributed by atoms with Gasteiger partial charge in [0, 0.05) is 16.1 Å². The van der Waals surface area contributed by atoms with Gasteiger partial charge in [0.25, 0.3) is 11.8 Å². The zero-order valence-corrected chi connectivity index (χ0v) is 30.8. The molecule has 2 heterocycles. The molecule has 0 saturated carbocycles. The molecule has 0 aliphatic carbocycles. The molecule has 0 bridgehead atoms. The molecule has 4 aromatic carbocycles. The molecule has 286 valence electrons. The lowest BCUT2D eigenvalue weighted by Gasteiger charge is -2.13. The van der Waals surface area contributed by atoms with Crippen LogP contribution in [0.15, 0.2) is 98.0 Å². The van der Waals surface area contributed by atoms with E-state index in [2.05, 4.69) is 10.2 Å². The van der Waals surface area contributed by atoms with Gasteiger partial charge in [-0.2, -0.15) is 9.36 Å². The van der Waals surface area contributed by atoms with Crippen molar-refractivity contribution in [2.45, 2.75) is 0 Å². The van der Waals surface area contributed by atoms with Crippen LogP contribution in [0.3, 0.4) is 0 Å². The van der Waals surface area contributed by atoms with E-state index in [0.29, 0.717) is 31.6 Å². The summed E-state index contributed by atoms with van der Waals surface area (Å²) in [6.45, 7) is 0. The Balaban J connectivity index is 0.000000211. The smallest absolute Gasteiger partial charge is 0.359 e. The Morgan fingerprint density at radius 3 is 1.18 bits per heavy atom. The highest BCUT2D eigenvalue weighted by Crippen LogP contribution is 2.39. The predicted molar refractivity (Wildman–Crippen MR) is 198 cm³/mol. The maximum Gasteiger partial charge on any atom is 0.359 e. The number of aromatic amines is 2. The van der Waals surface area contributed by atoms with Gasteiger partial charge in [-0.3, -0.25) is 9.59 Å². The van der Waals surface area contributed by atoms with E-state index in [1.165, 1.54) is 91.2 Å². The number of nitrogens with one attached hydrogen (secondary N) is 2. The number of benzene rings is 4.